The van der Waals surface area contributed by atoms with Crippen LogP contribution in [0.5, 0.6) is 5.75 Å². The van der Waals surface area contributed by atoms with E-state index >= 15 is 0 Å². The zero-order valence-electron chi connectivity index (χ0n) is 11.0. The predicted molar refractivity (Wildman–Crippen MR) is 74.4 cm³/mol. The van der Waals surface area contributed by atoms with E-state index in [0.29, 0.717) is 12.2 Å². The summed E-state index contributed by atoms with van der Waals surface area (Å²) in [6.45, 7) is 0.473. The molecule has 106 valence electrons. The lowest BCUT2D eigenvalue weighted by Crippen LogP contribution is -2.35. The molecule has 0 fully saturated rings. The maximum absolute atomic E-state index is 12.6. The number of H-pyrrole nitrogens is 1. The molecule has 1 aromatic carbocycles. The van der Waals surface area contributed by atoms with Gasteiger partial charge in [-0.1, -0.05) is 0 Å². The average molecular weight is 293 g/mol. The Morgan fingerprint density at radius 1 is 1.35 bits per heavy atom. The standard InChI is InChI=1S/C13H15N3O3S/c1-19-11-4-5-12-10(9-11)3-2-8-16(12)20(17,18)13-6-7-14-15-13/h4-7,9H,2-3,8H2,1H3,(H,14,15). The van der Waals surface area contributed by atoms with Crippen LogP contribution in [0, 0.1) is 0 Å². The highest BCUT2D eigenvalue weighted by Gasteiger charge is 2.30. The van der Waals surface area contributed by atoms with Crippen molar-refractivity contribution in [3.8, 4) is 5.75 Å². The van der Waals surface area contributed by atoms with E-state index in [1.165, 1.54) is 16.6 Å². The number of anilines is 1. The van der Waals surface area contributed by atoms with E-state index in [-0.39, 0.29) is 5.03 Å². The van der Waals surface area contributed by atoms with Crippen LogP contribution in [0.1, 0.15) is 12.0 Å². The van der Waals surface area contributed by atoms with E-state index in [9.17, 15) is 8.42 Å². The highest BCUT2D eigenvalue weighted by molar-refractivity contribution is 7.92. The van der Waals surface area contributed by atoms with Gasteiger partial charge < -0.3 is 4.74 Å². The Kier molecular flexibility index (Phi) is 3.13. The Morgan fingerprint density at radius 3 is 2.90 bits per heavy atom. The average Bonchev–Trinajstić information content (AvgIpc) is 3.01. The predicted octanol–water partition coefficient (Wildman–Crippen LogP) is 1.56. The molecule has 1 aliphatic rings. The minimum absolute atomic E-state index is 0.112. The lowest BCUT2D eigenvalue weighted by molar-refractivity contribution is 0.414. The molecule has 6 nitrogen and oxygen atoms in total. The monoisotopic (exact) mass is 293 g/mol. The SMILES string of the molecule is COc1ccc2c(c1)CCCN2S(=O)(=O)c1ccn[nH]1. The van der Waals surface area contributed by atoms with Crippen molar-refractivity contribution in [3.63, 3.8) is 0 Å². The molecule has 0 spiro atoms. The van der Waals surface area contributed by atoms with E-state index in [1.807, 2.05) is 6.07 Å². The van der Waals surface area contributed by atoms with Crippen LogP contribution in [0.25, 0.3) is 0 Å². The normalized spacial score (nSPS) is 14.9. The fourth-order valence-electron chi connectivity index (χ4n) is 2.42. The number of hydrogen-bond donors (Lipinski definition) is 1. The number of hydrogen-bond acceptors (Lipinski definition) is 4. The molecule has 7 heteroatoms. The largest absolute Gasteiger partial charge is 0.497 e. The third-order valence-corrected chi connectivity index (χ3v) is 5.15. The number of fused-ring (bicyclic) bond motifs is 1. The van der Waals surface area contributed by atoms with Gasteiger partial charge in [-0.3, -0.25) is 9.40 Å². The molecular formula is C13H15N3O3S. The fraction of sp³-hybridized carbons (Fsp3) is 0.308. The van der Waals surface area contributed by atoms with Crippen molar-refractivity contribution >= 4 is 15.7 Å². The third-order valence-electron chi connectivity index (χ3n) is 3.41. The number of rotatable bonds is 3. The molecule has 2 aromatic rings. The quantitative estimate of drug-likeness (QED) is 0.932. The summed E-state index contributed by atoms with van der Waals surface area (Å²) in [5, 5.41) is 6.35. The van der Waals surface area contributed by atoms with Crippen molar-refractivity contribution in [2.75, 3.05) is 18.0 Å². The molecule has 0 atom stereocenters. The van der Waals surface area contributed by atoms with Crippen LogP contribution in [0.15, 0.2) is 35.5 Å². The second kappa shape index (κ2) is 4.82. The first kappa shape index (κ1) is 13.0. The number of aryl methyl sites for hydroxylation is 1. The number of nitrogens with zero attached hydrogens (tertiary/aromatic N) is 2. The summed E-state index contributed by atoms with van der Waals surface area (Å²) in [6.07, 6.45) is 3.07. The highest BCUT2D eigenvalue weighted by Crippen LogP contribution is 2.33. The second-order valence-electron chi connectivity index (χ2n) is 4.60. The molecule has 0 bridgehead atoms. The zero-order valence-corrected chi connectivity index (χ0v) is 11.9. The highest BCUT2D eigenvalue weighted by atomic mass is 32.2. The number of ether oxygens (including phenoxy) is 1. The molecule has 0 radical (unpaired) electrons. The van der Waals surface area contributed by atoms with Gasteiger partial charge in [-0.05, 0) is 42.7 Å². The van der Waals surface area contributed by atoms with Gasteiger partial charge in [0.1, 0.15) is 5.75 Å². The second-order valence-corrected chi connectivity index (χ2v) is 6.43. The van der Waals surface area contributed by atoms with Crippen molar-refractivity contribution < 1.29 is 13.2 Å². The summed E-state index contributed by atoms with van der Waals surface area (Å²) < 4.78 is 31.8. The molecule has 0 amide bonds. The number of sulfonamides is 1. The lowest BCUT2D eigenvalue weighted by Gasteiger charge is -2.30. The Balaban J connectivity index is 2.06. The van der Waals surface area contributed by atoms with Gasteiger partial charge >= 0.3 is 0 Å². The van der Waals surface area contributed by atoms with Gasteiger partial charge in [0.15, 0.2) is 5.03 Å². The summed E-state index contributed by atoms with van der Waals surface area (Å²) >= 11 is 0. The topological polar surface area (TPSA) is 75.3 Å². The molecule has 0 aliphatic carbocycles. The van der Waals surface area contributed by atoms with Gasteiger partial charge in [0.2, 0.25) is 0 Å². The number of aromatic nitrogens is 2. The summed E-state index contributed by atoms with van der Waals surface area (Å²) in [4.78, 5) is 0. The van der Waals surface area contributed by atoms with E-state index in [1.54, 1.807) is 19.2 Å². The van der Waals surface area contributed by atoms with Gasteiger partial charge in [-0.2, -0.15) is 13.5 Å². The first-order valence-corrected chi connectivity index (χ1v) is 7.76. The van der Waals surface area contributed by atoms with Crippen LogP contribution in [-0.2, 0) is 16.4 Å². The van der Waals surface area contributed by atoms with Crippen molar-refractivity contribution in [2.45, 2.75) is 17.9 Å². The number of nitrogens with one attached hydrogen (secondary N) is 1. The summed E-state index contributed by atoms with van der Waals surface area (Å²) in [6, 6.07) is 6.93. The minimum Gasteiger partial charge on any atom is -0.497 e. The third kappa shape index (κ3) is 2.03. The first-order chi connectivity index (χ1) is 9.63. The molecule has 3 rings (SSSR count). The van der Waals surface area contributed by atoms with E-state index < -0.39 is 10.0 Å². The van der Waals surface area contributed by atoms with Gasteiger partial charge in [-0.15, -0.1) is 0 Å². The van der Waals surface area contributed by atoms with Crippen LogP contribution < -0.4 is 9.04 Å². The van der Waals surface area contributed by atoms with Crippen LogP contribution >= 0.6 is 0 Å². The molecule has 20 heavy (non-hydrogen) atoms. The summed E-state index contributed by atoms with van der Waals surface area (Å²) in [7, 11) is -1.98. The van der Waals surface area contributed by atoms with Gasteiger partial charge in [0.05, 0.1) is 19.0 Å². The maximum Gasteiger partial charge on any atom is 0.281 e. The Morgan fingerprint density at radius 2 is 2.20 bits per heavy atom. The van der Waals surface area contributed by atoms with Gasteiger partial charge in [0.25, 0.3) is 10.0 Å². The van der Waals surface area contributed by atoms with Crippen molar-refractivity contribution in [3.05, 3.63) is 36.0 Å². The van der Waals surface area contributed by atoms with Crippen molar-refractivity contribution in [2.24, 2.45) is 0 Å². The Hall–Kier alpha value is -2.02. The molecular weight excluding hydrogens is 278 g/mol. The van der Waals surface area contributed by atoms with Gasteiger partial charge in [0, 0.05) is 6.54 Å². The summed E-state index contributed by atoms with van der Waals surface area (Å²) in [5.41, 5.74) is 1.70. The van der Waals surface area contributed by atoms with Crippen LogP contribution in [0.2, 0.25) is 0 Å². The molecule has 2 heterocycles. The van der Waals surface area contributed by atoms with Crippen molar-refractivity contribution in [1.29, 1.82) is 0 Å². The number of aromatic amines is 1. The van der Waals surface area contributed by atoms with Crippen LogP contribution in [-0.4, -0.2) is 32.3 Å². The van der Waals surface area contributed by atoms with Crippen LogP contribution in [0.3, 0.4) is 0 Å². The molecule has 1 aromatic heterocycles. The molecule has 0 saturated heterocycles. The lowest BCUT2D eigenvalue weighted by atomic mass is 10.0. The minimum atomic E-state index is -3.58. The number of methoxy groups -OCH3 is 1. The smallest absolute Gasteiger partial charge is 0.281 e. The van der Waals surface area contributed by atoms with Gasteiger partial charge in [-0.25, -0.2) is 0 Å². The maximum atomic E-state index is 12.6. The Labute approximate surface area is 117 Å². The first-order valence-electron chi connectivity index (χ1n) is 6.32. The molecule has 1 N–H and O–H groups in total. The van der Waals surface area contributed by atoms with E-state index in [0.717, 1.165) is 24.2 Å². The Bertz CT molecular complexity index is 710. The summed E-state index contributed by atoms with van der Waals surface area (Å²) in [5.74, 6) is 0.740. The van der Waals surface area contributed by atoms with E-state index in [4.69, 9.17) is 4.74 Å². The molecule has 1 aliphatic heterocycles. The fourth-order valence-corrected chi connectivity index (χ4v) is 3.87. The molecule has 0 unspecified atom stereocenters. The molecule has 0 saturated carbocycles. The van der Waals surface area contributed by atoms with Crippen LogP contribution in [0.4, 0.5) is 5.69 Å². The van der Waals surface area contributed by atoms with E-state index in [2.05, 4.69) is 10.2 Å². The van der Waals surface area contributed by atoms with Crippen molar-refractivity contribution in [1.82, 2.24) is 10.2 Å². The zero-order chi connectivity index (χ0) is 14.2. The number of benzene rings is 1.